The number of aliphatic imine (C=N–C) groups is 1. The van der Waals surface area contributed by atoms with Gasteiger partial charge in [-0.25, -0.2) is 0 Å². The molecule has 0 aromatic heterocycles. The second-order valence-electron chi connectivity index (χ2n) is 9.93. The Bertz CT molecular complexity index is 1390. The zero-order valence-corrected chi connectivity index (χ0v) is 22.4. The lowest BCUT2D eigenvalue weighted by Crippen LogP contribution is -2.37. The van der Waals surface area contributed by atoms with Crippen LogP contribution in [0.25, 0.3) is 0 Å². The molecule has 0 N–H and O–H groups in total. The van der Waals surface area contributed by atoms with E-state index in [1.54, 1.807) is 7.11 Å². The Morgan fingerprint density at radius 2 is 1.64 bits per heavy atom. The number of benzene rings is 3. The van der Waals surface area contributed by atoms with E-state index in [4.69, 9.17) is 19.2 Å². The molecule has 39 heavy (non-hydrogen) atoms. The first-order valence-corrected chi connectivity index (χ1v) is 13.4. The molecule has 0 fully saturated rings. The Morgan fingerprint density at radius 3 is 2.36 bits per heavy atom. The Balaban J connectivity index is 1.43. The van der Waals surface area contributed by atoms with Crippen LogP contribution in [0.3, 0.4) is 0 Å². The van der Waals surface area contributed by atoms with Gasteiger partial charge in [0.2, 0.25) is 0 Å². The molecule has 200 valence electrons. The standard InChI is InChI=1S/C33H33NO5/c1-22-30(33(36)38-19-18-23-10-5-3-6-11-23)31(32-26(34-22)14-9-15-27(32)35)25-16-17-28(29(20-25)37-2)39-21-24-12-7-4-8-13-24/h3-8,10-13,16-17,20,30-31H,9,14-15,18-19,21H2,1-2H3/t30?,31-/m0/s1. The summed E-state index contributed by atoms with van der Waals surface area (Å²) in [6.07, 6.45) is 2.56. The van der Waals surface area contributed by atoms with E-state index in [-0.39, 0.29) is 18.4 Å². The normalized spacial score (nSPS) is 18.7. The quantitative estimate of drug-likeness (QED) is 0.310. The smallest absolute Gasteiger partial charge is 0.315 e. The van der Waals surface area contributed by atoms with E-state index in [0.29, 0.717) is 42.2 Å². The molecule has 3 aromatic rings. The molecule has 6 nitrogen and oxygen atoms in total. The Morgan fingerprint density at radius 1 is 0.923 bits per heavy atom. The average molecular weight is 524 g/mol. The summed E-state index contributed by atoms with van der Waals surface area (Å²) in [4.78, 5) is 31.5. The van der Waals surface area contributed by atoms with Crippen molar-refractivity contribution in [3.05, 3.63) is 107 Å². The maximum Gasteiger partial charge on any atom is 0.315 e. The lowest BCUT2D eigenvalue weighted by Gasteiger charge is -2.34. The number of esters is 1. The third-order valence-electron chi connectivity index (χ3n) is 7.35. The second-order valence-corrected chi connectivity index (χ2v) is 9.93. The zero-order valence-electron chi connectivity index (χ0n) is 22.4. The van der Waals surface area contributed by atoms with Crippen molar-refractivity contribution < 1.29 is 23.8 Å². The van der Waals surface area contributed by atoms with Gasteiger partial charge in [-0.05, 0) is 48.6 Å². The van der Waals surface area contributed by atoms with Crippen LogP contribution in [-0.4, -0.2) is 31.2 Å². The topological polar surface area (TPSA) is 74.2 Å². The molecule has 5 rings (SSSR count). The van der Waals surface area contributed by atoms with Crippen molar-refractivity contribution >= 4 is 17.5 Å². The maximum atomic E-state index is 13.6. The van der Waals surface area contributed by atoms with Crippen LogP contribution in [0.2, 0.25) is 0 Å². The summed E-state index contributed by atoms with van der Waals surface area (Å²) in [5, 5.41) is 0. The number of hydrogen-bond donors (Lipinski definition) is 0. The highest BCUT2D eigenvalue weighted by Crippen LogP contribution is 2.45. The van der Waals surface area contributed by atoms with Crippen LogP contribution in [0, 0.1) is 5.92 Å². The molecule has 0 amide bonds. The summed E-state index contributed by atoms with van der Waals surface area (Å²) in [5.41, 5.74) is 5.02. The molecule has 0 saturated heterocycles. The minimum Gasteiger partial charge on any atom is -0.493 e. The molecule has 2 atom stereocenters. The first-order valence-electron chi connectivity index (χ1n) is 13.4. The first-order chi connectivity index (χ1) is 19.0. The van der Waals surface area contributed by atoms with Crippen LogP contribution >= 0.6 is 0 Å². The number of rotatable bonds is 9. The summed E-state index contributed by atoms with van der Waals surface area (Å²) >= 11 is 0. The monoisotopic (exact) mass is 523 g/mol. The Kier molecular flexibility index (Phi) is 8.21. The fourth-order valence-corrected chi connectivity index (χ4v) is 5.41. The molecule has 0 bridgehead atoms. The molecule has 6 heteroatoms. The minimum atomic E-state index is -0.692. The van der Waals surface area contributed by atoms with Crippen molar-refractivity contribution in [1.82, 2.24) is 0 Å². The number of ketones is 1. The third kappa shape index (κ3) is 5.95. The number of hydrogen-bond acceptors (Lipinski definition) is 6. The minimum absolute atomic E-state index is 0.0444. The van der Waals surface area contributed by atoms with Gasteiger partial charge in [0.1, 0.15) is 12.5 Å². The van der Waals surface area contributed by atoms with Gasteiger partial charge in [0, 0.05) is 35.7 Å². The predicted molar refractivity (Wildman–Crippen MR) is 150 cm³/mol. The molecular weight excluding hydrogens is 490 g/mol. The summed E-state index contributed by atoms with van der Waals surface area (Å²) in [5.74, 6) is -0.370. The number of nitrogens with zero attached hydrogens (tertiary/aromatic N) is 1. The molecule has 2 aliphatic rings. The van der Waals surface area contributed by atoms with Crippen molar-refractivity contribution in [3.8, 4) is 11.5 Å². The number of carbonyl (C=O) groups excluding carboxylic acids is 2. The SMILES string of the molecule is COc1cc([C@@H]2C3=C(CCCC3=O)N=C(C)C2C(=O)OCCc2ccccc2)ccc1OCc1ccccc1. The van der Waals surface area contributed by atoms with E-state index in [9.17, 15) is 9.59 Å². The maximum absolute atomic E-state index is 13.6. The van der Waals surface area contributed by atoms with Crippen LogP contribution < -0.4 is 9.47 Å². The molecule has 0 spiro atoms. The summed E-state index contributed by atoms with van der Waals surface area (Å²) in [7, 11) is 1.59. The van der Waals surface area contributed by atoms with Gasteiger partial charge in [-0.2, -0.15) is 0 Å². The van der Waals surface area contributed by atoms with Crippen molar-refractivity contribution in [2.24, 2.45) is 10.9 Å². The lowest BCUT2D eigenvalue weighted by molar-refractivity contribution is -0.146. The third-order valence-corrected chi connectivity index (χ3v) is 7.35. The largest absolute Gasteiger partial charge is 0.493 e. The summed E-state index contributed by atoms with van der Waals surface area (Å²) < 4.78 is 17.5. The summed E-state index contributed by atoms with van der Waals surface area (Å²) in [6.45, 7) is 2.51. The predicted octanol–water partition coefficient (Wildman–Crippen LogP) is 6.24. The second kappa shape index (κ2) is 12.1. The Hall–Kier alpha value is -4.19. The van der Waals surface area contributed by atoms with E-state index in [1.807, 2.05) is 85.8 Å². The number of carbonyl (C=O) groups is 2. The van der Waals surface area contributed by atoms with Gasteiger partial charge in [0.05, 0.1) is 13.7 Å². The lowest BCUT2D eigenvalue weighted by atomic mass is 9.71. The van der Waals surface area contributed by atoms with Crippen LogP contribution in [-0.2, 0) is 27.4 Å². The molecule has 0 saturated carbocycles. The van der Waals surface area contributed by atoms with E-state index in [0.717, 1.165) is 35.2 Å². The van der Waals surface area contributed by atoms with Gasteiger partial charge in [-0.3, -0.25) is 14.6 Å². The van der Waals surface area contributed by atoms with Gasteiger partial charge in [-0.1, -0.05) is 66.7 Å². The number of allylic oxidation sites excluding steroid dienone is 2. The number of methoxy groups -OCH3 is 1. The highest BCUT2D eigenvalue weighted by Gasteiger charge is 2.43. The van der Waals surface area contributed by atoms with Gasteiger partial charge in [0.25, 0.3) is 0 Å². The molecule has 3 aromatic carbocycles. The van der Waals surface area contributed by atoms with Crippen LogP contribution in [0.15, 0.2) is 95.1 Å². The summed E-state index contributed by atoms with van der Waals surface area (Å²) in [6, 6.07) is 25.5. The number of Topliss-reactive ketones (excluding diaryl/α,β-unsaturated/α-hetero) is 1. The number of ether oxygens (including phenoxy) is 3. The zero-order chi connectivity index (χ0) is 27.2. The van der Waals surface area contributed by atoms with Crippen molar-refractivity contribution in [3.63, 3.8) is 0 Å². The molecule has 1 heterocycles. The van der Waals surface area contributed by atoms with Crippen LogP contribution in [0.4, 0.5) is 0 Å². The van der Waals surface area contributed by atoms with E-state index in [1.165, 1.54) is 0 Å². The van der Waals surface area contributed by atoms with Crippen LogP contribution in [0.5, 0.6) is 11.5 Å². The molecule has 1 aliphatic heterocycles. The molecule has 1 aliphatic carbocycles. The van der Waals surface area contributed by atoms with Gasteiger partial charge < -0.3 is 14.2 Å². The Labute approximate surface area is 229 Å². The van der Waals surface area contributed by atoms with Crippen molar-refractivity contribution in [1.29, 1.82) is 0 Å². The average Bonchev–Trinajstić information content (AvgIpc) is 2.96. The van der Waals surface area contributed by atoms with E-state index >= 15 is 0 Å². The van der Waals surface area contributed by atoms with Crippen molar-refractivity contribution in [2.75, 3.05) is 13.7 Å². The van der Waals surface area contributed by atoms with Gasteiger partial charge >= 0.3 is 5.97 Å². The van der Waals surface area contributed by atoms with E-state index in [2.05, 4.69) is 0 Å². The first kappa shape index (κ1) is 26.4. The van der Waals surface area contributed by atoms with Crippen molar-refractivity contribution in [2.45, 2.75) is 45.1 Å². The highest BCUT2D eigenvalue weighted by molar-refractivity contribution is 6.08. The molecular formula is C33H33NO5. The highest BCUT2D eigenvalue weighted by atomic mass is 16.5. The fraction of sp³-hybridized carbons (Fsp3) is 0.303. The van der Waals surface area contributed by atoms with Crippen LogP contribution in [0.1, 0.15) is 48.8 Å². The molecule has 0 radical (unpaired) electrons. The van der Waals surface area contributed by atoms with E-state index < -0.39 is 11.8 Å². The van der Waals surface area contributed by atoms with Gasteiger partial charge in [-0.15, -0.1) is 0 Å². The fourth-order valence-electron chi connectivity index (χ4n) is 5.41. The van der Waals surface area contributed by atoms with Gasteiger partial charge in [0.15, 0.2) is 17.3 Å². The molecule has 1 unspecified atom stereocenters.